The van der Waals surface area contributed by atoms with Crippen molar-refractivity contribution in [3.63, 3.8) is 0 Å². The number of guanidine groups is 1. The molecule has 0 aromatic rings. The number of nitrogens with one attached hydrogen (secondary N) is 2. The third kappa shape index (κ3) is 4.54. The monoisotopic (exact) mass is 407 g/mol. The lowest BCUT2D eigenvalue weighted by atomic mass is 9.83. The predicted octanol–water partition coefficient (Wildman–Crippen LogP) is -1.22. The molecule has 0 aromatic heterocycles. The molecule has 3 aliphatic rings. The molecule has 3 rings (SSSR count). The Bertz CT molecular complexity index is 702. The van der Waals surface area contributed by atoms with Crippen molar-refractivity contribution in [3.8, 4) is 0 Å². The van der Waals surface area contributed by atoms with Crippen LogP contribution in [0.3, 0.4) is 0 Å². The van der Waals surface area contributed by atoms with Gasteiger partial charge in [-0.15, -0.1) is 0 Å². The van der Waals surface area contributed by atoms with Gasteiger partial charge in [-0.2, -0.15) is 0 Å². The van der Waals surface area contributed by atoms with E-state index in [0.717, 1.165) is 30.4 Å². The number of aliphatic carboxylic acids is 1. The number of likely N-dealkylation sites (tertiary alicyclic amines) is 1. The molecule has 0 spiro atoms. The molecule has 0 radical (unpaired) electrons. The topological polar surface area (TPSA) is 144 Å². The highest BCUT2D eigenvalue weighted by atomic mass is 16.4. The summed E-state index contributed by atoms with van der Waals surface area (Å²) in [6.07, 6.45) is 1.94. The summed E-state index contributed by atoms with van der Waals surface area (Å²) in [6, 6.07) is -1.64. The maximum Gasteiger partial charge on any atom is 0.327 e. The molecule has 0 aliphatic carbocycles. The minimum atomic E-state index is -1.15. The lowest BCUT2D eigenvalue weighted by molar-refractivity contribution is -0.167. The van der Waals surface area contributed by atoms with E-state index in [1.165, 1.54) is 0 Å². The fourth-order valence-electron chi connectivity index (χ4n) is 3.89. The fourth-order valence-corrected chi connectivity index (χ4v) is 3.89. The first-order valence-electron chi connectivity index (χ1n) is 9.96. The molecule has 2 atom stereocenters. The average molecular weight is 407 g/mol. The molecule has 2 fully saturated rings. The Morgan fingerprint density at radius 2 is 2.03 bits per heavy atom. The van der Waals surface area contributed by atoms with Crippen molar-refractivity contribution in [1.82, 2.24) is 25.3 Å². The molecule has 29 heavy (non-hydrogen) atoms. The molecular formula is C18H29N7O4. The summed E-state index contributed by atoms with van der Waals surface area (Å²) in [7, 11) is 0. The van der Waals surface area contributed by atoms with Crippen LogP contribution < -0.4 is 16.4 Å². The molecule has 3 aliphatic heterocycles. The number of rotatable bonds is 6. The Labute approximate surface area is 169 Å². The summed E-state index contributed by atoms with van der Waals surface area (Å²) in [5.41, 5.74) is 5.42. The van der Waals surface area contributed by atoms with Crippen molar-refractivity contribution < 1.29 is 19.5 Å². The van der Waals surface area contributed by atoms with Gasteiger partial charge in [0, 0.05) is 45.8 Å². The van der Waals surface area contributed by atoms with E-state index in [9.17, 15) is 19.5 Å². The number of amides is 3. The standard InChI is InChI=1S/C18H29N7O4/c1-12(19)20-5-2-4-13-14(16(27)28)25(15(13)26)18(29)24-10-8-23(9-11-24)17-21-6-3-7-22-17/h13-14,20H,1-11,19H2,(H,21,22)(H,27,28). The first kappa shape index (κ1) is 20.7. The van der Waals surface area contributed by atoms with E-state index in [0.29, 0.717) is 51.4 Å². The number of hydrogen-bond donors (Lipinski definition) is 4. The van der Waals surface area contributed by atoms with Gasteiger partial charge in [-0.05, 0) is 19.3 Å². The average Bonchev–Trinajstić information content (AvgIpc) is 2.71. The molecular weight excluding hydrogens is 378 g/mol. The van der Waals surface area contributed by atoms with Gasteiger partial charge in [-0.1, -0.05) is 6.58 Å². The number of carbonyl (C=O) groups is 3. The van der Waals surface area contributed by atoms with Crippen LogP contribution >= 0.6 is 0 Å². The van der Waals surface area contributed by atoms with Gasteiger partial charge in [-0.25, -0.2) is 14.5 Å². The zero-order chi connectivity index (χ0) is 21.0. The Kier molecular flexibility index (Phi) is 6.45. The van der Waals surface area contributed by atoms with Crippen molar-refractivity contribution in [2.45, 2.75) is 25.3 Å². The van der Waals surface area contributed by atoms with Gasteiger partial charge < -0.3 is 31.3 Å². The smallest absolute Gasteiger partial charge is 0.327 e. The maximum atomic E-state index is 12.8. The normalized spacial score (nSPS) is 24.3. The summed E-state index contributed by atoms with van der Waals surface area (Å²) >= 11 is 0. The number of carbonyl (C=O) groups excluding carboxylic acids is 2. The van der Waals surface area contributed by atoms with E-state index >= 15 is 0 Å². The molecule has 2 unspecified atom stereocenters. The van der Waals surface area contributed by atoms with Gasteiger partial charge in [0.2, 0.25) is 5.91 Å². The minimum absolute atomic E-state index is 0.324. The quantitative estimate of drug-likeness (QED) is 0.317. The van der Waals surface area contributed by atoms with Gasteiger partial charge in [-0.3, -0.25) is 9.79 Å². The number of hydrogen-bond acceptors (Lipinski definition) is 8. The largest absolute Gasteiger partial charge is 0.480 e. The van der Waals surface area contributed by atoms with Crippen molar-refractivity contribution in [1.29, 1.82) is 0 Å². The molecule has 3 heterocycles. The molecule has 5 N–H and O–H groups in total. The van der Waals surface area contributed by atoms with Gasteiger partial charge in [0.25, 0.3) is 0 Å². The second kappa shape index (κ2) is 9.01. The SMILES string of the molecule is C=C(N)NCCCC1C(=O)N(C(=O)N2CCN(C3=NCCCN3)CC2)C1C(=O)O. The molecule has 11 heteroatoms. The van der Waals surface area contributed by atoms with Crippen LogP contribution in [0.4, 0.5) is 4.79 Å². The number of carboxylic acids is 1. The van der Waals surface area contributed by atoms with Gasteiger partial charge in [0.15, 0.2) is 12.0 Å². The second-order valence-corrected chi connectivity index (χ2v) is 7.43. The number of piperazine rings is 1. The number of β-lactam (4-membered cyclic amide) rings is 1. The maximum absolute atomic E-state index is 12.8. The fraction of sp³-hybridized carbons (Fsp3) is 0.667. The predicted molar refractivity (Wildman–Crippen MR) is 106 cm³/mol. The van der Waals surface area contributed by atoms with Crippen LogP contribution in [0.2, 0.25) is 0 Å². The number of nitrogens with two attached hydrogens (primary N) is 1. The van der Waals surface area contributed by atoms with Crippen molar-refractivity contribution in [2.24, 2.45) is 16.6 Å². The minimum Gasteiger partial charge on any atom is -0.480 e. The highest BCUT2D eigenvalue weighted by Crippen LogP contribution is 2.32. The van der Waals surface area contributed by atoms with Crippen molar-refractivity contribution in [3.05, 3.63) is 12.4 Å². The molecule has 3 amide bonds. The van der Waals surface area contributed by atoms with Crippen LogP contribution in [-0.2, 0) is 9.59 Å². The molecule has 11 nitrogen and oxygen atoms in total. The molecule has 0 saturated carbocycles. The summed E-state index contributed by atoms with van der Waals surface area (Å²) in [5.74, 6) is -1.09. The highest BCUT2D eigenvalue weighted by molar-refractivity contribution is 6.07. The summed E-state index contributed by atoms with van der Waals surface area (Å²) in [4.78, 5) is 46.0. The summed E-state index contributed by atoms with van der Waals surface area (Å²) in [6.45, 7) is 7.72. The molecule has 0 bridgehead atoms. The third-order valence-corrected chi connectivity index (χ3v) is 5.45. The highest BCUT2D eigenvalue weighted by Gasteiger charge is 2.55. The van der Waals surface area contributed by atoms with Crippen LogP contribution in [0.15, 0.2) is 17.4 Å². The first-order chi connectivity index (χ1) is 13.9. The van der Waals surface area contributed by atoms with E-state index in [-0.39, 0.29) is 0 Å². The molecule has 160 valence electrons. The van der Waals surface area contributed by atoms with Crippen LogP contribution in [0.1, 0.15) is 19.3 Å². The number of nitrogens with zero attached hydrogens (tertiary/aromatic N) is 4. The summed E-state index contributed by atoms with van der Waals surface area (Å²) < 4.78 is 0. The van der Waals surface area contributed by atoms with E-state index in [1.807, 2.05) is 0 Å². The number of aliphatic imine (C=N–C) groups is 1. The van der Waals surface area contributed by atoms with E-state index in [2.05, 4.69) is 27.1 Å². The Hall–Kier alpha value is -2.98. The van der Waals surface area contributed by atoms with Crippen molar-refractivity contribution >= 4 is 23.9 Å². The first-order valence-corrected chi connectivity index (χ1v) is 9.96. The van der Waals surface area contributed by atoms with Crippen LogP contribution in [-0.4, -0.2) is 95.5 Å². The summed E-state index contributed by atoms with van der Waals surface area (Å²) in [5, 5.41) is 15.6. The van der Waals surface area contributed by atoms with Crippen molar-refractivity contribution in [2.75, 3.05) is 45.8 Å². The van der Waals surface area contributed by atoms with Crippen LogP contribution in [0, 0.1) is 5.92 Å². The zero-order valence-corrected chi connectivity index (χ0v) is 16.5. The zero-order valence-electron chi connectivity index (χ0n) is 16.5. The number of urea groups is 1. The Morgan fingerprint density at radius 1 is 1.31 bits per heavy atom. The lowest BCUT2D eigenvalue weighted by Gasteiger charge is -2.46. The Balaban J connectivity index is 1.53. The van der Waals surface area contributed by atoms with Crippen LogP contribution in [0.5, 0.6) is 0 Å². The molecule has 0 aromatic carbocycles. The third-order valence-electron chi connectivity index (χ3n) is 5.45. The van der Waals surface area contributed by atoms with E-state index in [1.54, 1.807) is 4.90 Å². The number of carboxylic acid groups (broad SMARTS) is 1. The number of imide groups is 1. The van der Waals surface area contributed by atoms with E-state index in [4.69, 9.17) is 5.73 Å². The molecule has 2 saturated heterocycles. The van der Waals surface area contributed by atoms with Gasteiger partial charge >= 0.3 is 12.0 Å². The van der Waals surface area contributed by atoms with Gasteiger partial charge in [0.1, 0.15) is 0 Å². The second-order valence-electron chi connectivity index (χ2n) is 7.43. The van der Waals surface area contributed by atoms with E-state index < -0.39 is 29.9 Å². The van der Waals surface area contributed by atoms with Crippen LogP contribution in [0.25, 0.3) is 0 Å². The Morgan fingerprint density at radius 3 is 2.62 bits per heavy atom. The van der Waals surface area contributed by atoms with Gasteiger partial charge in [0.05, 0.1) is 11.7 Å². The lowest BCUT2D eigenvalue weighted by Crippen LogP contribution is -2.69.